The van der Waals surface area contributed by atoms with Gasteiger partial charge in [-0.3, -0.25) is 4.90 Å². The van der Waals surface area contributed by atoms with Gasteiger partial charge in [0.2, 0.25) is 0 Å². The summed E-state index contributed by atoms with van der Waals surface area (Å²) in [6.45, 7) is 15.4. The number of morpholine rings is 1. The molecule has 1 unspecified atom stereocenters. The van der Waals surface area contributed by atoms with E-state index in [0.717, 1.165) is 26.2 Å². The molecular formula is C13H28N2O. The molecule has 3 heteroatoms. The lowest BCUT2D eigenvalue weighted by molar-refractivity contribution is -0.133. The average Bonchev–Trinajstić information content (AvgIpc) is 1.96. The lowest BCUT2D eigenvalue weighted by atomic mass is 9.91. The smallest absolute Gasteiger partial charge is 0.0757 e. The summed E-state index contributed by atoms with van der Waals surface area (Å²) in [6, 6.07) is 0. The molecule has 1 fully saturated rings. The third-order valence-corrected chi connectivity index (χ3v) is 2.95. The van der Waals surface area contributed by atoms with Gasteiger partial charge in [-0.15, -0.1) is 0 Å². The summed E-state index contributed by atoms with van der Waals surface area (Å²) in [5, 5.41) is 3.27. The summed E-state index contributed by atoms with van der Waals surface area (Å²) in [4.78, 5) is 2.53. The molecule has 0 aromatic heterocycles. The van der Waals surface area contributed by atoms with Crippen molar-refractivity contribution in [2.24, 2.45) is 5.41 Å². The average molecular weight is 228 g/mol. The molecule has 1 rings (SSSR count). The van der Waals surface area contributed by atoms with E-state index in [4.69, 9.17) is 4.74 Å². The molecule has 0 amide bonds. The van der Waals surface area contributed by atoms with E-state index in [2.05, 4.69) is 44.8 Å². The van der Waals surface area contributed by atoms with Gasteiger partial charge in [-0.05, 0) is 33.2 Å². The lowest BCUT2D eigenvalue weighted by Gasteiger charge is -2.44. The van der Waals surface area contributed by atoms with Crippen LogP contribution >= 0.6 is 0 Å². The zero-order chi connectivity index (χ0) is 12.4. The highest BCUT2D eigenvalue weighted by atomic mass is 16.5. The van der Waals surface area contributed by atoms with Gasteiger partial charge >= 0.3 is 0 Å². The number of rotatable bonds is 4. The van der Waals surface area contributed by atoms with E-state index < -0.39 is 0 Å². The Morgan fingerprint density at radius 1 is 1.44 bits per heavy atom. The molecule has 0 spiro atoms. The first-order chi connectivity index (χ1) is 7.24. The van der Waals surface area contributed by atoms with Crippen LogP contribution in [0.5, 0.6) is 0 Å². The molecule has 0 aliphatic carbocycles. The summed E-state index contributed by atoms with van der Waals surface area (Å²) in [5.41, 5.74) is 0.315. The van der Waals surface area contributed by atoms with Crippen molar-refractivity contribution in [3.05, 3.63) is 0 Å². The minimum Gasteiger partial charge on any atom is -0.370 e. The van der Waals surface area contributed by atoms with Crippen LogP contribution in [-0.2, 0) is 4.74 Å². The van der Waals surface area contributed by atoms with E-state index in [9.17, 15) is 0 Å². The van der Waals surface area contributed by atoms with Crippen molar-refractivity contribution >= 4 is 0 Å². The number of ether oxygens (including phenoxy) is 1. The second kappa shape index (κ2) is 5.03. The molecule has 0 aromatic carbocycles. The van der Waals surface area contributed by atoms with E-state index in [1.54, 1.807) is 0 Å². The van der Waals surface area contributed by atoms with E-state index in [1.807, 2.05) is 7.05 Å². The highest BCUT2D eigenvalue weighted by molar-refractivity contribution is 4.86. The first-order valence-electron chi connectivity index (χ1n) is 6.29. The Bertz CT molecular complexity index is 226. The second-order valence-electron chi connectivity index (χ2n) is 6.55. The summed E-state index contributed by atoms with van der Waals surface area (Å²) >= 11 is 0. The van der Waals surface area contributed by atoms with Gasteiger partial charge in [0.25, 0.3) is 0 Å². The first-order valence-corrected chi connectivity index (χ1v) is 6.29. The normalized spacial score (nSPS) is 27.0. The minimum atomic E-state index is -0.00656. The van der Waals surface area contributed by atoms with Crippen LogP contribution in [0.1, 0.15) is 34.6 Å². The molecule has 3 nitrogen and oxygen atoms in total. The van der Waals surface area contributed by atoms with Gasteiger partial charge < -0.3 is 10.1 Å². The molecule has 1 aliphatic heterocycles. The van der Waals surface area contributed by atoms with E-state index >= 15 is 0 Å². The Hall–Kier alpha value is -0.120. The molecule has 16 heavy (non-hydrogen) atoms. The molecule has 0 aromatic rings. The Morgan fingerprint density at radius 2 is 2.06 bits per heavy atom. The number of nitrogens with zero attached hydrogens (tertiary/aromatic N) is 1. The molecule has 0 radical (unpaired) electrons. The standard InChI is InChI=1S/C13H28N2O/c1-11-7-15(10-13(4,5)16-11)9-12(2,3)8-14-6/h11,14H,7-10H2,1-6H3. The molecule has 0 saturated carbocycles. The Kier molecular flexibility index (Phi) is 4.38. The van der Waals surface area contributed by atoms with Crippen LogP contribution in [0.15, 0.2) is 0 Å². The van der Waals surface area contributed by atoms with Gasteiger partial charge in [0, 0.05) is 26.2 Å². The summed E-state index contributed by atoms with van der Waals surface area (Å²) < 4.78 is 5.92. The van der Waals surface area contributed by atoms with Crippen LogP contribution in [0.25, 0.3) is 0 Å². The summed E-state index contributed by atoms with van der Waals surface area (Å²) in [5.74, 6) is 0. The lowest BCUT2D eigenvalue weighted by Crippen LogP contribution is -2.54. The first kappa shape index (κ1) is 13.9. The van der Waals surface area contributed by atoms with Crippen LogP contribution in [0.2, 0.25) is 0 Å². The monoisotopic (exact) mass is 228 g/mol. The van der Waals surface area contributed by atoms with Crippen molar-refractivity contribution < 1.29 is 4.74 Å². The Balaban J connectivity index is 2.54. The minimum absolute atomic E-state index is 0.00656. The van der Waals surface area contributed by atoms with Crippen LogP contribution < -0.4 is 5.32 Å². The van der Waals surface area contributed by atoms with Gasteiger partial charge in [-0.2, -0.15) is 0 Å². The fraction of sp³-hybridized carbons (Fsp3) is 1.00. The van der Waals surface area contributed by atoms with Crippen LogP contribution in [0.3, 0.4) is 0 Å². The van der Waals surface area contributed by atoms with Crippen molar-refractivity contribution in [2.45, 2.75) is 46.3 Å². The molecule has 1 saturated heterocycles. The predicted molar refractivity (Wildman–Crippen MR) is 68.8 cm³/mol. The van der Waals surface area contributed by atoms with Crippen LogP contribution in [-0.4, -0.2) is 49.8 Å². The predicted octanol–water partition coefficient (Wildman–Crippen LogP) is 1.73. The van der Waals surface area contributed by atoms with Gasteiger partial charge in [-0.25, -0.2) is 0 Å². The van der Waals surface area contributed by atoms with Crippen molar-refractivity contribution in [1.29, 1.82) is 0 Å². The van der Waals surface area contributed by atoms with Crippen LogP contribution in [0, 0.1) is 5.41 Å². The van der Waals surface area contributed by atoms with Crippen molar-refractivity contribution in [2.75, 3.05) is 33.2 Å². The largest absolute Gasteiger partial charge is 0.370 e. The van der Waals surface area contributed by atoms with Gasteiger partial charge in [-0.1, -0.05) is 13.8 Å². The van der Waals surface area contributed by atoms with Crippen molar-refractivity contribution in [3.63, 3.8) is 0 Å². The molecule has 1 heterocycles. The maximum Gasteiger partial charge on any atom is 0.0757 e. The Labute approximate surface area is 101 Å². The number of hydrogen-bond acceptors (Lipinski definition) is 3. The zero-order valence-corrected chi connectivity index (χ0v) is 11.8. The third-order valence-electron chi connectivity index (χ3n) is 2.95. The van der Waals surface area contributed by atoms with Gasteiger partial charge in [0.05, 0.1) is 11.7 Å². The zero-order valence-electron chi connectivity index (χ0n) is 11.8. The fourth-order valence-electron chi connectivity index (χ4n) is 2.85. The third kappa shape index (κ3) is 4.40. The fourth-order valence-corrected chi connectivity index (χ4v) is 2.85. The van der Waals surface area contributed by atoms with Gasteiger partial charge in [0.15, 0.2) is 0 Å². The number of hydrogen-bond donors (Lipinski definition) is 1. The molecule has 0 bridgehead atoms. The summed E-state index contributed by atoms with van der Waals surface area (Å²) in [7, 11) is 2.02. The molecular weight excluding hydrogens is 200 g/mol. The quantitative estimate of drug-likeness (QED) is 0.793. The molecule has 96 valence electrons. The molecule has 1 N–H and O–H groups in total. The van der Waals surface area contributed by atoms with Crippen molar-refractivity contribution in [1.82, 2.24) is 10.2 Å². The van der Waals surface area contributed by atoms with E-state index in [0.29, 0.717) is 11.5 Å². The van der Waals surface area contributed by atoms with Crippen molar-refractivity contribution in [3.8, 4) is 0 Å². The second-order valence-corrected chi connectivity index (χ2v) is 6.55. The Morgan fingerprint density at radius 3 is 2.56 bits per heavy atom. The highest BCUT2D eigenvalue weighted by Crippen LogP contribution is 2.24. The SMILES string of the molecule is CNCC(C)(C)CN1CC(C)OC(C)(C)C1. The maximum atomic E-state index is 5.92. The molecule has 1 aliphatic rings. The molecule has 1 atom stereocenters. The topological polar surface area (TPSA) is 24.5 Å². The van der Waals surface area contributed by atoms with E-state index in [-0.39, 0.29) is 5.60 Å². The highest BCUT2D eigenvalue weighted by Gasteiger charge is 2.33. The van der Waals surface area contributed by atoms with E-state index in [1.165, 1.54) is 0 Å². The van der Waals surface area contributed by atoms with Gasteiger partial charge in [0.1, 0.15) is 0 Å². The summed E-state index contributed by atoms with van der Waals surface area (Å²) in [6.07, 6.45) is 0.342. The maximum absolute atomic E-state index is 5.92. The van der Waals surface area contributed by atoms with Crippen LogP contribution in [0.4, 0.5) is 0 Å². The number of nitrogens with one attached hydrogen (secondary N) is 1.